The highest BCUT2D eigenvalue weighted by Gasteiger charge is 2.15. The van der Waals surface area contributed by atoms with Crippen molar-refractivity contribution in [2.24, 2.45) is 5.73 Å². The second-order valence-electron chi connectivity index (χ2n) is 6.13. The molecular weight excluding hydrogens is 292 g/mol. The van der Waals surface area contributed by atoms with Crippen molar-refractivity contribution in [1.82, 2.24) is 16.0 Å². The minimum atomic E-state index is -0.430. The second-order valence-corrected chi connectivity index (χ2v) is 6.13. The van der Waals surface area contributed by atoms with Crippen LogP contribution in [0, 0.1) is 0 Å². The first kappa shape index (κ1) is 24.4. The van der Waals surface area contributed by atoms with Gasteiger partial charge in [-0.05, 0) is 79.2 Å². The maximum absolute atomic E-state index is 11.4. The number of nitrogens with two attached hydrogens (primary N) is 1. The number of hydrogen-bond donors (Lipinski definition) is 4. The highest BCUT2D eigenvalue weighted by Crippen LogP contribution is 2.06. The Morgan fingerprint density at radius 2 is 1.35 bits per heavy atom. The number of unbranched alkanes of at least 4 members (excludes halogenated alkanes) is 1. The van der Waals surface area contributed by atoms with Gasteiger partial charge in [0.25, 0.3) is 0 Å². The van der Waals surface area contributed by atoms with Gasteiger partial charge in [-0.1, -0.05) is 13.8 Å². The molecule has 0 aromatic heterocycles. The van der Waals surface area contributed by atoms with Crippen molar-refractivity contribution < 1.29 is 9.53 Å². The number of carbonyl (C=O) groups is 1. The van der Waals surface area contributed by atoms with Crippen LogP contribution in [-0.2, 0) is 4.74 Å². The van der Waals surface area contributed by atoms with E-state index in [4.69, 9.17) is 10.5 Å². The lowest BCUT2D eigenvalue weighted by Gasteiger charge is -2.19. The molecule has 0 bridgehead atoms. The van der Waals surface area contributed by atoms with E-state index >= 15 is 0 Å². The fourth-order valence-corrected chi connectivity index (χ4v) is 1.70. The van der Waals surface area contributed by atoms with Crippen LogP contribution in [0.2, 0.25) is 0 Å². The number of ether oxygens (including phenoxy) is 1. The molecule has 6 heteroatoms. The molecule has 6 nitrogen and oxygen atoms in total. The van der Waals surface area contributed by atoms with E-state index in [1.165, 1.54) is 6.42 Å². The van der Waals surface area contributed by atoms with Crippen molar-refractivity contribution in [3.8, 4) is 0 Å². The summed E-state index contributed by atoms with van der Waals surface area (Å²) in [4.78, 5) is 11.4. The average molecular weight is 333 g/mol. The Bertz CT molecular complexity index is 255. The molecule has 23 heavy (non-hydrogen) atoms. The lowest BCUT2D eigenvalue weighted by molar-refractivity contribution is 0.0527. The molecule has 1 amide bonds. The van der Waals surface area contributed by atoms with E-state index in [0.29, 0.717) is 6.54 Å². The third-order valence-electron chi connectivity index (χ3n) is 2.71. The molecule has 140 valence electrons. The average Bonchev–Trinajstić information content (AvgIpc) is 2.48. The van der Waals surface area contributed by atoms with Gasteiger partial charge in [0.15, 0.2) is 0 Å². The zero-order valence-electron chi connectivity index (χ0n) is 16.0. The number of carbonyl (C=O) groups excluding carboxylic acids is 1. The van der Waals surface area contributed by atoms with Gasteiger partial charge in [-0.15, -0.1) is 0 Å². The van der Waals surface area contributed by atoms with Crippen LogP contribution in [0.4, 0.5) is 4.79 Å². The molecule has 0 heterocycles. The first-order valence-corrected chi connectivity index (χ1v) is 9.04. The van der Waals surface area contributed by atoms with Crippen LogP contribution in [0.15, 0.2) is 0 Å². The molecule has 0 rings (SSSR count). The lowest BCUT2D eigenvalue weighted by Crippen LogP contribution is -2.34. The van der Waals surface area contributed by atoms with Gasteiger partial charge in [0.1, 0.15) is 5.60 Å². The van der Waals surface area contributed by atoms with Gasteiger partial charge >= 0.3 is 6.09 Å². The minimum absolute atomic E-state index is 0.342. The van der Waals surface area contributed by atoms with Gasteiger partial charge < -0.3 is 26.4 Å². The zero-order chi connectivity index (χ0) is 18.0. The molecule has 0 unspecified atom stereocenters. The van der Waals surface area contributed by atoms with E-state index in [0.717, 1.165) is 52.0 Å². The first-order chi connectivity index (χ1) is 11.0. The molecule has 0 atom stereocenters. The summed E-state index contributed by atoms with van der Waals surface area (Å²) in [6.45, 7) is 15.0. The predicted molar refractivity (Wildman–Crippen MR) is 98.8 cm³/mol. The van der Waals surface area contributed by atoms with E-state index in [9.17, 15) is 4.79 Å². The zero-order valence-corrected chi connectivity index (χ0v) is 16.0. The Hall–Kier alpha value is -0.850. The maximum Gasteiger partial charge on any atom is 0.407 e. The predicted octanol–water partition coefficient (Wildman–Crippen LogP) is 2.24. The van der Waals surface area contributed by atoms with Crippen LogP contribution in [0.3, 0.4) is 0 Å². The fourth-order valence-electron chi connectivity index (χ4n) is 1.70. The Kier molecular flexibility index (Phi) is 18.6. The summed E-state index contributed by atoms with van der Waals surface area (Å²) in [5, 5.41) is 9.48. The summed E-state index contributed by atoms with van der Waals surface area (Å²) in [5.41, 5.74) is 4.98. The van der Waals surface area contributed by atoms with Crippen molar-refractivity contribution >= 4 is 6.09 Å². The molecule has 0 fully saturated rings. The minimum Gasteiger partial charge on any atom is -0.444 e. The highest BCUT2D eigenvalue weighted by atomic mass is 16.6. The lowest BCUT2D eigenvalue weighted by atomic mass is 10.2. The van der Waals surface area contributed by atoms with E-state index < -0.39 is 5.60 Å². The highest BCUT2D eigenvalue weighted by molar-refractivity contribution is 5.67. The molecule has 0 saturated heterocycles. The number of nitrogens with one attached hydrogen (secondary N) is 3. The van der Waals surface area contributed by atoms with E-state index in [2.05, 4.69) is 16.0 Å². The molecule has 0 aromatic rings. The number of rotatable bonds is 12. The Morgan fingerprint density at radius 3 is 1.83 bits per heavy atom. The molecular formula is C17H40N4O2. The van der Waals surface area contributed by atoms with Gasteiger partial charge in [0.05, 0.1) is 0 Å². The molecule has 0 saturated carbocycles. The van der Waals surface area contributed by atoms with Crippen molar-refractivity contribution in [3.63, 3.8) is 0 Å². The second kappa shape index (κ2) is 17.5. The summed E-state index contributed by atoms with van der Waals surface area (Å²) in [7, 11) is 0. The summed E-state index contributed by atoms with van der Waals surface area (Å²) in [6.07, 6.45) is 3.95. The summed E-state index contributed by atoms with van der Waals surface area (Å²) in [6, 6.07) is 0. The SMILES string of the molecule is CC.CC(C)(C)OC(=O)NCCCNCCCCNCCCN. The van der Waals surface area contributed by atoms with Crippen molar-refractivity contribution in [1.29, 1.82) is 0 Å². The molecule has 0 aliphatic heterocycles. The molecule has 0 radical (unpaired) electrons. The van der Waals surface area contributed by atoms with Gasteiger partial charge in [0, 0.05) is 6.54 Å². The van der Waals surface area contributed by atoms with Crippen molar-refractivity contribution in [3.05, 3.63) is 0 Å². The number of hydrogen-bond acceptors (Lipinski definition) is 5. The summed E-state index contributed by atoms with van der Waals surface area (Å²) >= 11 is 0. The number of alkyl carbamates (subject to hydrolysis) is 1. The van der Waals surface area contributed by atoms with Crippen LogP contribution in [-0.4, -0.2) is 51.0 Å². The van der Waals surface area contributed by atoms with E-state index in [-0.39, 0.29) is 6.09 Å². The van der Waals surface area contributed by atoms with Gasteiger partial charge in [-0.25, -0.2) is 4.79 Å². The normalized spacial score (nSPS) is 10.7. The maximum atomic E-state index is 11.4. The third-order valence-corrected chi connectivity index (χ3v) is 2.71. The van der Waals surface area contributed by atoms with E-state index in [1.807, 2.05) is 34.6 Å². The Labute approximate surface area is 143 Å². The fraction of sp³-hybridized carbons (Fsp3) is 0.941. The molecule has 5 N–H and O–H groups in total. The summed E-state index contributed by atoms with van der Waals surface area (Å²) < 4.78 is 5.15. The van der Waals surface area contributed by atoms with Crippen molar-refractivity contribution in [2.45, 2.75) is 65.9 Å². The third kappa shape index (κ3) is 23.5. The topological polar surface area (TPSA) is 88.4 Å². The molecule has 0 aromatic carbocycles. The van der Waals surface area contributed by atoms with Gasteiger partial charge in [0.2, 0.25) is 0 Å². The van der Waals surface area contributed by atoms with Gasteiger partial charge in [-0.3, -0.25) is 0 Å². The summed E-state index contributed by atoms with van der Waals surface area (Å²) in [5.74, 6) is 0. The van der Waals surface area contributed by atoms with Crippen LogP contribution < -0.4 is 21.7 Å². The molecule has 0 aliphatic carbocycles. The van der Waals surface area contributed by atoms with Gasteiger partial charge in [-0.2, -0.15) is 0 Å². The standard InChI is InChI=1S/C15H34N4O2.C2H6/c1-15(2,3)21-14(20)19-13-7-12-18-10-5-4-9-17-11-6-8-16;1-2/h17-18H,4-13,16H2,1-3H3,(H,19,20);1-2H3. The molecule has 0 spiro atoms. The molecule has 0 aliphatic rings. The smallest absolute Gasteiger partial charge is 0.407 e. The Morgan fingerprint density at radius 1 is 0.870 bits per heavy atom. The Balaban J connectivity index is 0. The van der Waals surface area contributed by atoms with Crippen LogP contribution in [0.25, 0.3) is 0 Å². The van der Waals surface area contributed by atoms with Crippen molar-refractivity contribution in [2.75, 3.05) is 39.3 Å². The van der Waals surface area contributed by atoms with Crippen LogP contribution >= 0.6 is 0 Å². The van der Waals surface area contributed by atoms with E-state index in [1.54, 1.807) is 0 Å². The van der Waals surface area contributed by atoms with Crippen LogP contribution in [0.5, 0.6) is 0 Å². The quantitative estimate of drug-likeness (QED) is 0.412. The first-order valence-electron chi connectivity index (χ1n) is 9.04. The van der Waals surface area contributed by atoms with Crippen LogP contribution in [0.1, 0.15) is 60.3 Å². The monoisotopic (exact) mass is 332 g/mol. The largest absolute Gasteiger partial charge is 0.444 e. The number of amides is 1.